The fraction of sp³-hybridized carbons (Fsp3) is 0.407. The number of carbonyl (C=O) groups is 2. The van der Waals surface area contributed by atoms with E-state index in [1.54, 1.807) is 26.0 Å². The molecule has 0 spiro atoms. The molecule has 1 aromatic heterocycles. The van der Waals surface area contributed by atoms with Gasteiger partial charge < -0.3 is 20.3 Å². The van der Waals surface area contributed by atoms with Gasteiger partial charge in [-0.2, -0.15) is 13.2 Å². The molecule has 0 unspecified atom stereocenters. The second-order valence-corrected chi connectivity index (χ2v) is 9.17. The standard InChI is InChI=1S/C27H30F3N5O3/c1-3-38-24-14-19(7-9-23(24)36)25-31-16-22(17(2)32-25)34-26(37)33-20-8-6-18(21(15-20)27(28,29)30)10-13-35-11-4-5-12-35/h6-8,14-16H,3-5,9-13H2,1-2H3,(H2,33,34,37). The summed E-state index contributed by atoms with van der Waals surface area (Å²) in [5.74, 6) is 0.473. The van der Waals surface area contributed by atoms with Crippen LogP contribution in [-0.2, 0) is 22.1 Å². The summed E-state index contributed by atoms with van der Waals surface area (Å²) in [6, 6.07) is 3.14. The van der Waals surface area contributed by atoms with Gasteiger partial charge in [-0.15, -0.1) is 0 Å². The van der Waals surface area contributed by atoms with Crippen molar-refractivity contribution in [2.75, 3.05) is 36.9 Å². The van der Waals surface area contributed by atoms with E-state index in [1.165, 1.54) is 18.3 Å². The third-order valence-electron chi connectivity index (χ3n) is 6.42. The van der Waals surface area contributed by atoms with Crippen molar-refractivity contribution >= 4 is 28.8 Å². The maximum atomic E-state index is 13.8. The summed E-state index contributed by atoms with van der Waals surface area (Å²) in [5.41, 5.74) is 0.846. The number of nitrogens with one attached hydrogen (secondary N) is 2. The summed E-state index contributed by atoms with van der Waals surface area (Å²) in [7, 11) is 0. The lowest BCUT2D eigenvalue weighted by atomic mass is 10.0. The van der Waals surface area contributed by atoms with Crippen molar-refractivity contribution in [3.63, 3.8) is 0 Å². The Balaban J connectivity index is 1.43. The number of Topliss-reactive ketones (excluding diaryl/α,β-unsaturated/α-hetero) is 1. The first-order chi connectivity index (χ1) is 18.1. The molecule has 1 fully saturated rings. The highest BCUT2D eigenvalue weighted by Gasteiger charge is 2.33. The number of carbonyl (C=O) groups excluding carboxylic acids is 2. The number of rotatable bonds is 8. The smallest absolute Gasteiger partial charge is 0.416 e. The number of ketones is 1. The van der Waals surface area contributed by atoms with Gasteiger partial charge in [0.15, 0.2) is 11.6 Å². The average Bonchev–Trinajstić information content (AvgIpc) is 3.39. The second kappa shape index (κ2) is 11.8. The van der Waals surface area contributed by atoms with Crippen LogP contribution in [0.4, 0.5) is 29.3 Å². The Morgan fingerprint density at radius 1 is 1.18 bits per heavy atom. The highest BCUT2D eigenvalue weighted by Crippen LogP contribution is 2.34. The van der Waals surface area contributed by atoms with E-state index in [0.717, 1.165) is 32.0 Å². The summed E-state index contributed by atoms with van der Waals surface area (Å²) < 4.78 is 46.6. The fourth-order valence-electron chi connectivity index (χ4n) is 4.45. The molecule has 0 atom stereocenters. The minimum atomic E-state index is -4.54. The lowest BCUT2D eigenvalue weighted by Crippen LogP contribution is -2.23. The van der Waals surface area contributed by atoms with Gasteiger partial charge in [0.25, 0.3) is 0 Å². The quantitative estimate of drug-likeness (QED) is 0.478. The first-order valence-corrected chi connectivity index (χ1v) is 12.6. The van der Waals surface area contributed by atoms with E-state index in [0.29, 0.717) is 35.9 Å². The third kappa shape index (κ3) is 6.77. The monoisotopic (exact) mass is 529 g/mol. The summed E-state index contributed by atoms with van der Waals surface area (Å²) >= 11 is 0. The van der Waals surface area contributed by atoms with Crippen LogP contribution in [0.2, 0.25) is 0 Å². The number of halogens is 3. The van der Waals surface area contributed by atoms with Crippen LogP contribution in [0.5, 0.6) is 0 Å². The zero-order valence-corrected chi connectivity index (χ0v) is 21.3. The molecule has 0 radical (unpaired) electrons. The lowest BCUT2D eigenvalue weighted by molar-refractivity contribution is -0.138. The van der Waals surface area contributed by atoms with Crippen LogP contribution in [-0.4, -0.2) is 52.9 Å². The minimum absolute atomic E-state index is 0.0283. The van der Waals surface area contributed by atoms with Crippen molar-refractivity contribution in [1.29, 1.82) is 0 Å². The van der Waals surface area contributed by atoms with Crippen molar-refractivity contribution in [1.82, 2.24) is 14.9 Å². The molecule has 4 rings (SSSR count). The molecule has 11 heteroatoms. The van der Waals surface area contributed by atoms with E-state index in [-0.39, 0.29) is 35.6 Å². The predicted octanol–water partition coefficient (Wildman–Crippen LogP) is 5.36. The van der Waals surface area contributed by atoms with Gasteiger partial charge in [-0.05, 0) is 70.0 Å². The fourth-order valence-corrected chi connectivity index (χ4v) is 4.45. The summed E-state index contributed by atoms with van der Waals surface area (Å²) in [6.45, 7) is 6.20. The number of alkyl halides is 3. The van der Waals surface area contributed by atoms with Gasteiger partial charge in [-0.3, -0.25) is 4.79 Å². The zero-order chi connectivity index (χ0) is 27.3. The molecule has 2 heterocycles. The topological polar surface area (TPSA) is 96.4 Å². The molecule has 1 saturated heterocycles. The Morgan fingerprint density at radius 2 is 1.95 bits per heavy atom. The highest BCUT2D eigenvalue weighted by molar-refractivity contribution is 6.01. The van der Waals surface area contributed by atoms with Gasteiger partial charge in [0.2, 0.25) is 5.78 Å². The molecule has 1 aromatic carbocycles. The number of hydrogen-bond acceptors (Lipinski definition) is 6. The van der Waals surface area contributed by atoms with Crippen LogP contribution in [0.25, 0.3) is 5.57 Å². The minimum Gasteiger partial charge on any atom is -0.490 e. The number of allylic oxidation sites excluding steroid dienone is 4. The van der Waals surface area contributed by atoms with Crippen molar-refractivity contribution in [3.8, 4) is 0 Å². The number of anilines is 2. The van der Waals surface area contributed by atoms with E-state index in [4.69, 9.17) is 4.74 Å². The number of likely N-dealkylation sites (tertiary alicyclic amines) is 1. The molecule has 202 valence electrons. The molecule has 2 aliphatic rings. The van der Waals surface area contributed by atoms with Crippen LogP contribution in [0, 0.1) is 6.92 Å². The molecule has 1 aliphatic carbocycles. The van der Waals surface area contributed by atoms with Gasteiger partial charge in [0.05, 0.1) is 29.7 Å². The number of hydrogen-bond donors (Lipinski definition) is 2. The van der Waals surface area contributed by atoms with Gasteiger partial charge >= 0.3 is 12.2 Å². The molecule has 0 bridgehead atoms. The SMILES string of the molecule is CCOC1=CC(c2ncc(NC(=O)Nc3ccc(CCN4CCCC4)c(C(F)(F)F)c3)c(C)n2)=CCC1=O. The van der Waals surface area contributed by atoms with Crippen LogP contribution in [0.3, 0.4) is 0 Å². The number of ether oxygens (including phenoxy) is 1. The summed E-state index contributed by atoms with van der Waals surface area (Å²) in [4.78, 5) is 35.3. The van der Waals surface area contributed by atoms with Crippen molar-refractivity contribution in [3.05, 3.63) is 65.0 Å². The Labute approximate surface area is 219 Å². The predicted molar refractivity (Wildman–Crippen MR) is 138 cm³/mol. The van der Waals surface area contributed by atoms with Crippen molar-refractivity contribution in [2.45, 2.75) is 45.7 Å². The number of benzene rings is 1. The molecule has 1 aliphatic heterocycles. The maximum Gasteiger partial charge on any atom is 0.416 e. The van der Waals surface area contributed by atoms with Crippen LogP contribution >= 0.6 is 0 Å². The van der Waals surface area contributed by atoms with E-state index >= 15 is 0 Å². The Morgan fingerprint density at radius 3 is 2.63 bits per heavy atom. The van der Waals surface area contributed by atoms with Crippen LogP contribution < -0.4 is 10.6 Å². The first kappa shape index (κ1) is 27.3. The van der Waals surface area contributed by atoms with Gasteiger partial charge in [0, 0.05) is 24.2 Å². The Hall–Kier alpha value is -3.73. The number of amides is 2. The molecule has 38 heavy (non-hydrogen) atoms. The molecule has 2 aromatic rings. The highest BCUT2D eigenvalue weighted by atomic mass is 19.4. The molecule has 8 nitrogen and oxygen atoms in total. The average molecular weight is 530 g/mol. The normalized spacial score (nSPS) is 16.2. The van der Waals surface area contributed by atoms with Crippen LogP contribution in [0.15, 0.2) is 42.3 Å². The molecule has 2 N–H and O–H groups in total. The van der Waals surface area contributed by atoms with Crippen molar-refractivity contribution < 1.29 is 27.5 Å². The Kier molecular flexibility index (Phi) is 8.45. The number of aromatic nitrogens is 2. The van der Waals surface area contributed by atoms with Gasteiger partial charge in [-0.25, -0.2) is 14.8 Å². The van der Waals surface area contributed by atoms with Crippen LogP contribution in [0.1, 0.15) is 48.8 Å². The molecule has 0 saturated carbocycles. The summed E-state index contributed by atoms with van der Waals surface area (Å²) in [5, 5.41) is 5.05. The second-order valence-electron chi connectivity index (χ2n) is 9.17. The first-order valence-electron chi connectivity index (χ1n) is 12.6. The number of nitrogens with zero attached hydrogens (tertiary/aromatic N) is 3. The molecule has 2 amide bonds. The summed E-state index contributed by atoms with van der Waals surface area (Å²) in [6.07, 6.45) is 2.75. The number of aryl methyl sites for hydroxylation is 1. The van der Waals surface area contributed by atoms with E-state index in [2.05, 4.69) is 25.5 Å². The van der Waals surface area contributed by atoms with E-state index in [1.807, 2.05) is 0 Å². The van der Waals surface area contributed by atoms with Crippen molar-refractivity contribution in [2.24, 2.45) is 0 Å². The third-order valence-corrected chi connectivity index (χ3v) is 6.42. The Bertz CT molecular complexity index is 1270. The largest absolute Gasteiger partial charge is 0.490 e. The van der Waals surface area contributed by atoms with Gasteiger partial charge in [-0.1, -0.05) is 12.1 Å². The molecular formula is C27H30F3N5O3. The van der Waals surface area contributed by atoms with Gasteiger partial charge in [0.1, 0.15) is 0 Å². The zero-order valence-electron chi connectivity index (χ0n) is 21.3. The van der Waals surface area contributed by atoms with E-state index in [9.17, 15) is 22.8 Å². The molecular weight excluding hydrogens is 499 g/mol. The lowest BCUT2D eigenvalue weighted by Gasteiger charge is -2.18. The maximum absolute atomic E-state index is 13.8. The van der Waals surface area contributed by atoms with E-state index < -0.39 is 17.8 Å². The number of urea groups is 1.